The van der Waals surface area contributed by atoms with Gasteiger partial charge >= 0.3 is 12.4 Å². The molecule has 3 aromatic rings. The molecule has 7 nitrogen and oxygen atoms in total. The van der Waals surface area contributed by atoms with Crippen LogP contribution in [0, 0.1) is 11.6 Å². The summed E-state index contributed by atoms with van der Waals surface area (Å²) in [5.74, 6) is -1.91. The average Bonchev–Trinajstić information content (AvgIpc) is 3.34. The van der Waals surface area contributed by atoms with E-state index in [2.05, 4.69) is 20.3 Å². The first-order valence-electron chi connectivity index (χ1n) is 8.59. The molecule has 0 saturated carbocycles. The van der Waals surface area contributed by atoms with Crippen molar-refractivity contribution < 1.29 is 36.2 Å². The monoisotopic (exact) mass is 428 g/mol. The van der Waals surface area contributed by atoms with Crippen LogP contribution in [-0.4, -0.2) is 39.3 Å². The van der Waals surface area contributed by atoms with Crippen molar-refractivity contribution in [1.29, 1.82) is 0 Å². The van der Waals surface area contributed by atoms with Gasteiger partial charge in [0, 0.05) is 11.6 Å². The normalized spacial score (nSPS) is 19.4. The van der Waals surface area contributed by atoms with Crippen LogP contribution in [-0.2, 0) is 10.3 Å². The predicted molar refractivity (Wildman–Crippen MR) is 89.9 cm³/mol. The molecule has 1 aliphatic heterocycles. The molecule has 12 heteroatoms. The van der Waals surface area contributed by atoms with Crippen molar-refractivity contribution in [3.8, 4) is 17.4 Å². The van der Waals surface area contributed by atoms with Gasteiger partial charge in [-0.3, -0.25) is 0 Å². The van der Waals surface area contributed by atoms with Crippen molar-refractivity contribution in [3.63, 3.8) is 0 Å². The molecule has 1 aromatic heterocycles. The summed E-state index contributed by atoms with van der Waals surface area (Å²) in [6.45, 7) is 1.75. The van der Waals surface area contributed by atoms with Gasteiger partial charge in [0.1, 0.15) is 23.5 Å². The molecule has 1 saturated heterocycles. The first kappa shape index (κ1) is 20.0. The molecule has 30 heavy (non-hydrogen) atoms. The van der Waals surface area contributed by atoms with E-state index in [0.717, 1.165) is 28.9 Å². The third-order valence-electron chi connectivity index (χ3n) is 4.54. The van der Waals surface area contributed by atoms with E-state index in [1.807, 2.05) is 0 Å². The minimum absolute atomic E-state index is 0.0932. The summed E-state index contributed by atoms with van der Waals surface area (Å²) < 4.78 is 80.4. The summed E-state index contributed by atoms with van der Waals surface area (Å²) in [5.41, 5.74) is -0.710. The average molecular weight is 428 g/mol. The van der Waals surface area contributed by atoms with Gasteiger partial charge in [-0.1, -0.05) is 11.2 Å². The number of hydrogen-bond donors (Lipinski definition) is 0. The van der Waals surface area contributed by atoms with E-state index in [9.17, 15) is 22.0 Å². The van der Waals surface area contributed by atoms with Crippen LogP contribution in [0.3, 0.4) is 0 Å². The van der Waals surface area contributed by atoms with Gasteiger partial charge in [0.2, 0.25) is 0 Å². The van der Waals surface area contributed by atoms with Gasteiger partial charge in [-0.15, -0.1) is 13.2 Å². The van der Waals surface area contributed by atoms with Crippen molar-refractivity contribution in [2.75, 3.05) is 6.61 Å². The third kappa shape index (κ3) is 3.90. The molecular weight excluding hydrogens is 415 g/mol. The molecule has 0 amide bonds. The second kappa shape index (κ2) is 7.20. The Kier molecular flexibility index (Phi) is 4.80. The highest BCUT2D eigenvalue weighted by atomic mass is 19.4. The van der Waals surface area contributed by atoms with E-state index >= 15 is 0 Å². The Morgan fingerprint density at radius 2 is 1.83 bits per heavy atom. The highest BCUT2D eigenvalue weighted by Gasteiger charge is 2.55. The molecule has 0 aliphatic carbocycles. The molecule has 158 valence electrons. The lowest BCUT2D eigenvalue weighted by molar-refractivity contribution is -0.274. The first-order chi connectivity index (χ1) is 14.2. The van der Waals surface area contributed by atoms with Gasteiger partial charge < -0.3 is 14.2 Å². The first-order valence-corrected chi connectivity index (χ1v) is 8.59. The van der Waals surface area contributed by atoms with Crippen molar-refractivity contribution in [2.45, 2.75) is 25.0 Å². The lowest BCUT2D eigenvalue weighted by Crippen LogP contribution is -2.32. The van der Waals surface area contributed by atoms with Crippen LogP contribution < -0.4 is 9.47 Å². The van der Waals surface area contributed by atoms with Gasteiger partial charge in [0.25, 0.3) is 0 Å². The summed E-state index contributed by atoms with van der Waals surface area (Å²) in [4.78, 5) is 0. The molecule has 2 aromatic carbocycles. The molecule has 0 bridgehead atoms. The van der Waals surface area contributed by atoms with E-state index in [-0.39, 0.29) is 18.2 Å². The van der Waals surface area contributed by atoms with Gasteiger partial charge in [0.05, 0.1) is 12.3 Å². The summed E-state index contributed by atoms with van der Waals surface area (Å²) in [6.07, 6.45) is -5.58. The molecular formula is C18H13F5N4O3. The molecule has 2 atom stereocenters. The Morgan fingerprint density at radius 3 is 2.43 bits per heavy atom. The molecule has 1 aliphatic rings. The number of epoxide rings is 1. The largest absolute Gasteiger partial charge is 0.573 e. The van der Waals surface area contributed by atoms with Crippen molar-refractivity contribution in [1.82, 2.24) is 20.2 Å². The summed E-state index contributed by atoms with van der Waals surface area (Å²) in [5, 5.41) is 11.0. The minimum atomic E-state index is -4.81. The van der Waals surface area contributed by atoms with Crippen molar-refractivity contribution >= 4 is 0 Å². The van der Waals surface area contributed by atoms with Gasteiger partial charge in [-0.25, -0.2) is 8.78 Å². The topological polar surface area (TPSA) is 74.6 Å². The molecule has 4 rings (SSSR count). The highest BCUT2D eigenvalue weighted by Crippen LogP contribution is 2.44. The smallest absolute Gasteiger partial charge is 0.456 e. The van der Waals surface area contributed by atoms with Crippen molar-refractivity contribution in [3.05, 3.63) is 59.7 Å². The molecule has 0 radical (unpaired) electrons. The van der Waals surface area contributed by atoms with Crippen LogP contribution in [0.25, 0.3) is 5.69 Å². The maximum Gasteiger partial charge on any atom is 0.573 e. The number of ether oxygens (including phenoxy) is 3. The zero-order chi connectivity index (χ0) is 21.5. The lowest BCUT2D eigenvalue weighted by Gasteiger charge is -2.21. The van der Waals surface area contributed by atoms with Crippen LogP contribution in [0.15, 0.2) is 42.5 Å². The SMILES string of the molecule is C[C@@H](Oc1nnnn1-c1ccc(OC(F)(F)F)cc1)[C@@]1(c2ccc(F)cc2F)CO1. The third-order valence-corrected chi connectivity index (χ3v) is 4.54. The quantitative estimate of drug-likeness (QED) is 0.442. The van der Waals surface area contributed by atoms with E-state index in [1.165, 1.54) is 18.2 Å². The second-order valence-electron chi connectivity index (χ2n) is 6.48. The summed E-state index contributed by atoms with van der Waals surface area (Å²) >= 11 is 0. The van der Waals surface area contributed by atoms with E-state index in [4.69, 9.17) is 9.47 Å². The van der Waals surface area contributed by atoms with E-state index < -0.39 is 35.5 Å². The zero-order valence-electron chi connectivity index (χ0n) is 15.2. The Morgan fingerprint density at radius 1 is 1.13 bits per heavy atom. The Hall–Kier alpha value is -3.28. The number of benzene rings is 2. The summed E-state index contributed by atoms with van der Waals surface area (Å²) in [7, 11) is 0. The number of nitrogens with zero attached hydrogens (tertiary/aromatic N) is 4. The van der Waals surface area contributed by atoms with Crippen LogP contribution in [0.2, 0.25) is 0 Å². The fourth-order valence-corrected chi connectivity index (χ4v) is 2.98. The fraction of sp³-hybridized carbons (Fsp3) is 0.278. The predicted octanol–water partition coefficient (Wildman–Crippen LogP) is 3.53. The number of aromatic nitrogens is 4. The number of rotatable bonds is 6. The second-order valence-corrected chi connectivity index (χ2v) is 6.48. The van der Waals surface area contributed by atoms with Crippen LogP contribution in [0.1, 0.15) is 12.5 Å². The Labute approximate surface area is 166 Å². The standard InChI is InChI=1S/C18H13F5N4O3/c1-10(17(9-28-17)14-7-2-11(19)8-15(14)20)29-16-24-25-26-27(16)12-3-5-13(6-4-12)30-18(21,22)23/h2-8,10H,9H2,1H3/t10-,17-/m1/s1. The number of halogens is 5. The lowest BCUT2D eigenvalue weighted by atomic mass is 9.94. The zero-order valence-corrected chi connectivity index (χ0v) is 15.2. The maximum atomic E-state index is 14.2. The van der Waals surface area contributed by atoms with Crippen molar-refractivity contribution in [2.24, 2.45) is 0 Å². The van der Waals surface area contributed by atoms with Crippen LogP contribution in [0.5, 0.6) is 11.8 Å². The molecule has 0 unspecified atom stereocenters. The van der Waals surface area contributed by atoms with E-state index in [0.29, 0.717) is 5.69 Å². The highest BCUT2D eigenvalue weighted by molar-refractivity contribution is 5.38. The Bertz CT molecular complexity index is 1050. The summed E-state index contributed by atoms with van der Waals surface area (Å²) in [6, 6.07) is 7.84. The van der Waals surface area contributed by atoms with Gasteiger partial charge in [-0.2, -0.15) is 4.68 Å². The number of alkyl halides is 3. The van der Waals surface area contributed by atoms with Crippen LogP contribution >= 0.6 is 0 Å². The maximum absolute atomic E-state index is 14.2. The minimum Gasteiger partial charge on any atom is -0.456 e. The molecule has 1 fully saturated rings. The molecule has 2 heterocycles. The van der Waals surface area contributed by atoms with Gasteiger partial charge in [-0.05, 0) is 47.7 Å². The molecule has 0 spiro atoms. The van der Waals surface area contributed by atoms with E-state index in [1.54, 1.807) is 6.92 Å². The van der Waals surface area contributed by atoms with Crippen LogP contribution in [0.4, 0.5) is 22.0 Å². The fourth-order valence-electron chi connectivity index (χ4n) is 2.98. The Balaban J connectivity index is 1.54. The molecule has 0 N–H and O–H groups in total. The van der Waals surface area contributed by atoms with Gasteiger partial charge in [0.15, 0.2) is 5.60 Å². The number of hydrogen-bond acceptors (Lipinski definition) is 6. The number of tetrazole rings is 1.